The first-order chi connectivity index (χ1) is 9.49. The van der Waals surface area contributed by atoms with Gasteiger partial charge in [0.25, 0.3) is 0 Å². The number of aryl methyl sites for hydroxylation is 2. The minimum atomic E-state index is -0.113. The van der Waals surface area contributed by atoms with E-state index in [-0.39, 0.29) is 11.9 Å². The van der Waals surface area contributed by atoms with Crippen LogP contribution in [0.4, 0.5) is 0 Å². The molecule has 110 valence electrons. The van der Waals surface area contributed by atoms with Gasteiger partial charge in [0.15, 0.2) is 0 Å². The maximum Gasteiger partial charge on any atom is 0.237 e. The number of aromatic nitrogens is 2. The Kier molecular flexibility index (Phi) is 4.70. The van der Waals surface area contributed by atoms with Gasteiger partial charge in [-0.15, -0.1) is 0 Å². The van der Waals surface area contributed by atoms with Crippen molar-refractivity contribution in [2.24, 2.45) is 0 Å². The van der Waals surface area contributed by atoms with Gasteiger partial charge in [-0.2, -0.15) is 0 Å². The number of carbonyl (C=O) groups excluding carboxylic acids is 1. The second-order valence-electron chi connectivity index (χ2n) is 5.68. The molecule has 1 heterocycles. The molecule has 1 N–H and O–H groups in total. The molecule has 0 radical (unpaired) electrons. The monoisotopic (exact) mass is 276 g/mol. The number of fused-ring (bicyclic) bond motifs is 1. The van der Waals surface area contributed by atoms with Crippen LogP contribution in [-0.4, -0.2) is 47.5 Å². The molecule has 0 bridgehead atoms. The van der Waals surface area contributed by atoms with Gasteiger partial charge < -0.3 is 5.32 Å². The Hall–Kier alpha value is -1.49. The first kappa shape index (κ1) is 14.9. The van der Waals surface area contributed by atoms with Gasteiger partial charge in [0.2, 0.25) is 5.91 Å². The van der Waals surface area contributed by atoms with E-state index in [0.29, 0.717) is 13.0 Å². The van der Waals surface area contributed by atoms with Crippen molar-refractivity contribution >= 4 is 5.91 Å². The summed E-state index contributed by atoms with van der Waals surface area (Å²) in [6.07, 6.45) is 4.06. The molecule has 5 nitrogen and oxygen atoms in total. The van der Waals surface area contributed by atoms with Crippen molar-refractivity contribution < 1.29 is 4.79 Å². The Balaban J connectivity index is 1.89. The highest BCUT2D eigenvalue weighted by Gasteiger charge is 2.17. The lowest BCUT2D eigenvalue weighted by Crippen LogP contribution is -2.42. The predicted molar refractivity (Wildman–Crippen MR) is 78.7 cm³/mol. The number of nitrogens with zero attached hydrogens (tertiary/aromatic N) is 3. The van der Waals surface area contributed by atoms with Crippen molar-refractivity contribution in [3.63, 3.8) is 0 Å². The van der Waals surface area contributed by atoms with Gasteiger partial charge in [0.1, 0.15) is 5.82 Å². The average Bonchev–Trinajstić information content (AvgIpc) is 2.86. The number of rotatable bonds is 5. The minimum absolute atomic E-state index is 0.0490. The second kappa shape index (κ2) is 6.31. The third-order valence-corrected chi connectivity index (χ3v) is 3.99. The SMILES string of the molecule is Cc1nc(CCNC(=O)C(C)N(C)C)nc2c1CCC2. The Morgan fingerprint density at radius 1 is 1.35 bits per heavy atom. The summed E-state index contributed by atoms with van der Waals surface area (Å²) in [5.74, 6) is 0.897. The number of amides is 1. The molecule has 0 spiro atoms. The van der Waals surface area contributed by atoms with Crippen molar-refractivity contribution in [1.29, 1.82) is 0 Å². The quantitative estimate of drug-likeness (QED) is 0.867. The molecule has 1 aromatic heterocycles. The molecule has 0 aliphatic heterocycles. The van der Waals surface area contributed by atoms with E-state index in [4.69, 9.17) is 0 Å². The smallest absolute Gasteiger partial charge is 0.237 e. The highest BCUT2D eigenvalue weighted by molar-refractivity contribution is 5.81. The predicted octanol–water partition coefficient (Wildman–Crippen LogP) is 0.883. The zero-order valence-electron chi connectivity index (χ0n) is 12.9. The van der Waals surface area contributed by atoms with Gasteiger partial charge >= 0.3 is 0 Å². The second-order valence-corrected chi connectivity index (χ2v) is 5.68. The Morgan fingerprint density at radius 2 is 2.10 bits per heavy atom. The van der Waals surface area contributed by atoms with E-state index in [9.17, 15) is 4.79 Å². The summed E-state index contributed by atoms with van der Waals surface area (Å²) in [6, 6.07) is -0.113. The topological polar surface area (TPSA) is 58.1 Å². The van der Waals surface area contributed by atoms with Crippen LogP contribution in [0.1, 0.15) is 36.1 Å². The normalized spacial score (nSPS) is 15.2. The lowest BCUT2D eigenvalue weighted by atomic mass is 10.2. The molecule has 0 saturated heterocycles. The molecule has 1 unspecified atom stereocenters. The molecule has 20 heavy (non-hydrogen) atoms. The molecule has 0 fully saturated rings. The number of hydrogen-bond acceptors (Lipinski definition) is 4. The lowest BCUT2D eigenvalue weighted by Gasteiger charge is -2.18. The Labute approximate surface area is 120 Å². The molecular weight excluding hydrogens is 252 g/mol. The highest BCUT2D eigenvalue weighted by atomic mass is 16.2. The number of nitrogens with one attached hydrogen (secondary N) is 1. The van der Waals surface area contributed by atoms with Gasteiger partial charge in [0.05, 0.1) is 6.04 Å². The van der Waals surface area contributed by atoms with Crippen molar-refractivity contribution in [2.45, 2.75) is 45.6 Å². The van der Waals surface area contributed by atoms with E-state index in [0.717, 1.165) is 24.4 Å². The molecule has 0 aromatic carbocycles. The van der Waals surface area contributed by atoms with Crippen molar-refractivity contribution in [1.82, 2.24) is 20.2 Å². The molecule has 5 heteroatoms. The standard InChI is InChI=1S/C15H24N4O/c1-10-12-6-5-7-13(12)18-14(17-10)8-9-16-15(20)11(2)19(3)4/h11H,5-9H2,1-4H3,(H,16,20). The van der Waals surface area contributed by atoms with E-state index in [1.807, 2.05) is 25.9 Å². The molecule has 2 rings (SSSR count). The van der Waals surface area contributed by atoms with Crippen LogP contribution in [0, 0.1) is 6.92 Å². The van der Waals surface area contributed by atoms with Crippen LogP contribution in [0.25, 0.3) is 0 Å². The van der Waals surface area contributed by atoms with Gasteiger partial charge in [-0.25, -0.2) is 9.97 Å². The van der Waals surface area contributed by atoms with Gasteiger partial charge in [0, 0.05) is 24.4 Å². The van der Waals surface area contributed by atoms with E-state index in [1.165, 1.54) is 17.7 Å². The van der Waals surface area contributed by atoms with Crippen LogP contribution in [0.2, 0.25) is 0 Å². The largest absolute Gasteiger partial charge is 0.354 e. The van der Waals surface area contributed by atoms with Crippen LogP contribution >= 0.6 is 0 Å². The summed E-state index contributed by atoms with van der Waals surface area (Å²) in [5.41, 5.74) is 3.65. The molecule has 1 aliphatic rings. The summed E-state index contributed by atoms with van der Waals surface area (Å²) < 4.78 is 0. The third-order valence-electron chi connectivity index (χ3n) is 3.99. The third kappa shape index (κ3) is 3.33. The first-order valence-corrected chi connectivity index (χ1v) is 7.28. The molecule has 0 saturated carbocycles. The van der Waals surface area contributed by atoms with Crippen LogP contribution in [0.5, 0.6) is 0 Å². The van der Waals surface area contributed by atoms with E-state index < -0.39 is 0 Å². The van der Waals surface area contributed by atoms with Gasteiger partial charge in [-0.3, -0.25) is 9.69 Å². The summed E-state index contributed by atoms with van der Waals surface area (Å²) in [7, 11) is 3.80. The average molecular weight is 276 g/mol. The van der Waals surface area contributed by atoms with Crippen molar-refractivity contribution in [3.05, 3.63) is 22.8 Å². The fraction of sp³-hybridized carbons (Fsp3) is 0.667. The van der Waals surface area contributed by atoms with Gasteiger partial charge in [-0.05, 0) is 52.8 Å². The summed E-state index contributed by atoms with van der Waals surface area (Å²) in [4.78, 5) is 22.9. The zero-order chi connectivity index (χ0) is 14.7. The van der Waals surface area contributed by atoms with Crippen molar-refractivity contribution in [2.75, 3.05) is 20.6 Å². The molecule has 1 aliphatic carbocycles. The summed E-state index contributed by atoms with van der Waals surface area (Å²) >= 11 is 0. The van der Waals surface area contributed by atoms with Crippen LogP contribution < -0.4 is 5.32 Å². The number of carbonyl (C=O) groups is 1. The fourth-order valence-corrected chi connectivity index (χ4v) is 2.47. The molecule has 1 atom stereocenters. The van der Waals surface area contributed by atoms with Crippen LogP contribution in [0.15, 0.2) is 0 Å². The van der Waals surface area contributed by atoms with Crippen molar-refractivity contribution in [3.8, 4) is 0 Å². The molecule has 1 aromatic rings. The number of hydrogen-bond donors (Lipinski definition) is 1. The molecular formula is C15H24N4O. The molecule has 1 amide bonds. The van der Waals surface area contributed by atoms with E-state index in [2.05, 4.69) is 22.2 Å². The van der Waals surface area contributed by atoms with E-state index >= 15 is 0 Å². The van der Waals surface area contributed by atoms with E-state index in [1.54, 1.807) is 0 Å². The highest BCUT2D eigenvalue weighted by Crippen LogP contribution is 2.22. The maximum atomic E-state index is 11.8. The fourth-order valence-electron chi connectivity index (χ4n) is 2.47. The Morgan fingerprint density at radius 3 is 2.80 bits per heavy atom. The minimum Gasteiger partial charge on any atom is -0.354 e. The number of likely N-dealkylation sites (N-methyl/N-ethyl adjacent to an activating group) is 1. The lowest BCUT2D eigenvalue weighted by molar-refractivity contribution is -0.124. The Bertz CT molecular complexity index is 499. The zero-order valence-corrected chi connectivity index (χ0v) is 12.9. The maximum absolute atomic E-state index is 11.8. The summed E-state index contributed by atoms with van der Waals surface area (Å²) in [5, 5.41) is 2.94. The van der Waals surface area contributed by atoms with Crippen LogP contribution in [0.3, 0.4) is 0 Å². The van der Waals surface area contributed by atoms with Crippen LogP contribution in [-0.2, 0) is 24.1 Å². The summed E-state index contributed by atoms with van der Waals surface area (Å²) in [6.45, 7) is 4.54. The first-order valence-electron chi connectivity index (χ1n) is 7.28. The van der Waals surface area contributed by atoms with Gasteiger partial charge in [-0.1, -0.05) is 0 Å².